The van der Waals surface area contributed by atoms with Crippen molar-refractivity contribution >= 4 is 11.8 Å². The van der Waals surface area contributed by atoms with E-state index in [2.05, 4.69) is 35.4 Å². The molecular weight excluding hydrogens is 242 g/mol. The Balaban J connectivity index is 1.82. The van der Waals surface area contributed by atoms with Crippen LogP contribution in [0.4, 0.5) is 0 Å². The van der Waals surface area contributed by atoms with Gasteiger partial charge in [-0.2, -0.15) is 11.8 Å². The predicted molar refractivity (Wildman–Crippen MR) is 79.1 cm³/mol. The smallest absolute Gasteiger partial charge is 0.0385 e. The van der Waals surface area contributed by atoms with Crippen molar-refractivity contribution in [2.75, 3.05) is 45.0 Å². The van der Waals surface area contributed by atoms with Crippen LogP contribution in [0.15, 0.2) is 0 Å². The molecule has 3 heterocycles. The zero-order valence-corrected chi connectivity index (χ0v) is 12.6. The molecule has 0 radical (unpaired) electrons. The second-order valence-corrected chi connectivity index (χ2v) is 8.68. The Kier molecular flexibility index (Phi) is 3.42. The van der Waals surface area contributed by atoms with Crippen LogP contribution in [0.3, 0.4) is 0 Å². The fraction of sp³-hybridized carbons (Fsp3) is 1.00. The Bertz CT molecular complexity index is 320. The summed E-state index contributed by atoms with van der Waals surface area (Å²) < 4.78 is 0.399. The van der Waals surface area contributed by atoms with Crippen LogP contribution >= 0.6 is 11.8 Å². The Labute approximate surface area is 115 Å². The summed E-state index contributed by atoms with van der Waals surface area (Å²) in [6.07, 6.45) is 2.65. The van der Waals surface area contributed by atoms with Gasteiger partial charge in [0.05, 0.1) is 0 Å². The summed E-state index contributed by atoms with van der Waals surface area (Å²) in [4.78, 5) is 5.39. The first-order chi connectivity index (χ1) is 8.56. The lowest BCUT2D eigenvalue weighted by Gasteiger charge is -2.54. The van der Waals surface area contributed by atoms with Gasteiger partial charge in [0.15, 0.2) is 0 Å². The van der Waals surface area contributed by atoms with Crippen LogP contribution in [-0.4, -0.2) is 65.1 Å². The molecule has 4 heteroatoms. The minimum atomic E-state index is 0.311. The zero-order chi connectivity index (χ0) is 12.8. The summed E-state index contributed by atoms with van der Waals surface area (Å²) in [5.74, 6) is 2.08. The number of fused-ring (bicyclic) bond motifs is 2. The third-order valence-electron chi connectivity index (χ3n) is 5.30. The molecule has 0 aromatic carbocycles. The number of piperidine rings is 1. The van der Waals surface area contributed by atoms with Gasteiger partial charge in [-0.1, -0.05) is 0 Å². The summed E-state index contributed by atoms with van der Waals surface area (Å²) in [6, 6.07) is 0. The van der Waals surface area contributed by atoms with Crippen LogP contribution < -0.4 is 5.73 Å². The average Bonchev–Trinajstić information content (AvgIpc) is 2.73. The molecule has 3 atom stereocenters. The van der Waals surface area contributed by atoms with Crippen LogP contribution in [0.25, 0.3) is 0 Å². The molecule has 3 unspecified atom stereocenters. The van der Waals surface area contributed by atoms with E-state index in [4.69, 9.17) is 5.73 Å². The Hall–Kier alpha value is 0.230. The van der Waals surface area contributed by atoms with E-state index in [1.807, 2.05) is 0 Å². The maximum Gasteiger partial charge on any atom is 0.0385 e. The van der Waals surface area contributed by atoms with Crippen molar-refractivity contribution in [3.63, 3.8) is 0 Å². The summed E-state index contributed by atoms with van der Waals surface area (Å²) >= 11 is 2.12. The van der Waals surface area contributed by atoms with Crippen molar-refractivity contribution in [3.05, 3.63) is 0 Å². The van der Waals surface area contributed by atoms with Crippen molar-refractivity contribution in [2.24, 2.45) is 11.7 Å². The van der Waals surface area contributed by atoms with Crippen LogP contribution in [0.1, 0.15) is 26.7 Å². The van der Waals surface area contributed by atoms with Crippen LogP contribution in [0.5, 0.6) is 0 Å². The summed E-state index contributed by atoms with van der Waals surface area (Å²) in [7, 11) is 0. The molecule has 104 valence electrons. The molecule has 3 saturated heterocycles. The highest BCUT2D eigenvalue weighted by atomic mass is 32.2. The Morgan fingerprint density at radius 2 is 2.11 bits per heavy atom. The van der Waals surface area contributed by atoms with Crippen LogP contribution in [0, 0.1) is 5.92 Å². The van der Waals surface area contributed by atoms with Gasteiger partial charge in [0.2, 0.25) is 0 Å². The van der Waals surface area contributed by atoms with Crippen LogP contribution in [-0.2, 0) is 0 Å². The van der Waals surface area contributed by atoms with Gasteiger partial charge in [0.1, 0.15) is 0 Å². The quantitative estimate of drug-likeness (QED) is 0.817. The maximum atomic E-state index is 6.28. The molecule has 3 aliphatic heterocycles. The van der Waals surface area contributed by atoms with Gasteiger partial charge in [0.25, 0.3) is 0 Å². The van der Waals surface area contributed by atoms with E-state index in [9.17, 15) is 0 Å². The molecule has 3 rings (SSSR count). The molecule has 0 spiro atoms. The molecule has 0 saturated carbocycles. The topological polar surface area (TPSA) is 32.5 Å². The minimum Gasteiger partial charge on any atom is -0.329 e. The van der Waals surface area contributed by atoms with E-state index >= 15 is 0 Å². The third-order valence-corrected chi connectivity index (χ3v) is 6.60. The number of thioether (sulfide) groups is 1. The third kappa shape index (κ3) is 2.11. The summed E-state index contributed by atoms with van der Waals surface area (Å²) in [5, 5.41) is 0. The summed E-state index contributed by atoms with van der Waals surface area (Å²) in [6.45, 7) is 11.9. The number of rotatable bonds is 2. The van der Waals surface area contributed by atoms with E-state index in [0.717, 1.165) is 12.5 Å². The van der Waals surface area contributed by atoms with E-state index in [0.29, 0.717) is 10.3 Å². The first-order valence-corrected chi connectivity index (χ1v) is 8.36. The maximum absolute atomic E-state index is 6.28. The monoisotopic (exact) mass is 269 g/mol. The number of nitrogens with zero attached hydrogens (tertiary/aromatic N) is 2. The molecule has 0 amide bonds. The van der Waals surface area contributed by atoms with E-state index in [1.165, 1.54) is 51.3 Å². The summed E-state index contributed by atoms with van der Waals surface area (Å²) in [5.41, 5.74) is 6.59. The standard InChI is InChI=1S/C14H27N3S/c1-13(2)11-17(7-8-18-13)14(10-15)4-6-16-5-3-12(14)9-16/h12H,3-11,15H2,1-2H3. The van der Waals surface area contributed by atoms with Crippen molar-refractivity contribution in [3.8, 4) is 0 Å². The molecule has 0 aromatic heterocycles. The van der Waals surface area contributed by atoms with Gasteiger partial charge in [-0.3, -0.25) is 4.90 Å². The SMILES string of the molecule is CC1(C)CN(C2(CN)CCN3CCC2C3)CCS1. The van der Waals surface area contributed by atoms with Crippen LogP contribution in [0.2, 0.25) is 0 Å². The highest BCUT2D eigenvalue weighted by Crippen LogP contribution is 2.42. The Morgan fingerprint density at radius 1 is 1.28 bits per heavy atom. The predicted octanol–water partition coefficient (Wildman–Crippen LogP) is 1.24. The van der Waals surface area contributed by atoms with Crippen molar-refractivity contribution < 1.29 is 0 Å². The van der Waals surface area contributed by atoms with E-state index < -0.39 is 0 Å². The minimum absolute atomic E-state index is 0.311. The molecule has 3 aliphatic rings. The largest absolute Gasteiger partial charge is 0.329 e. The highest BCUT2D eigenvalue weighted by Gasteiger charge is 2.50. The average molecular weight is 269 g/mol. The number of nitrogens with two attached hydrogens (primary N) is 1. The molecule has 3 fully saturated rings. The fourth-order valence-electron chi connectivity index (χ4n) is 4.24. The Morgan fingerprint density at radius 3 is 2.83 bits per heavy atom. The first-order valence-electron chi connectivity index (χ1n) is 7.37. The van der Waals surface area contributed by atoms with Gasteiger partial charge in [-0.15, -0.1) is 0 Å². The zero-order valence-electron chi connectivity index (χ0n) is 11.8. The van der Waals surface area contributed by atoms with E-state index in [-0.39, 0.29) is 0 Å². The molecule has 2 N–H and O–H groups in total. The lowest BCUT2D eigenvalue weighted by molar-refractivity contribution is 0.00487. The molecule has 0 aromatic rings. The highest BCUT2D eigenvalue weighted by molar-refractivity contribution is 8.00. The van der Waals surface area contributed by atoms with E-state index in [1.54, 1.807) is 0 Å². The lowest BCUT2D eigenvalue weighted by Crippen LogP contribution is -2.65. The fourth-order valence-corrected chi connectivity index (χ4v) is 5.35. The van der Waals surface area contributed by atoms with Gasteiger partial charge < -0.3 is 10.6 Å². The van der Waals surface area contributed by atoms with Crippen molar-refractivity contribution in [1.29, 1.82) is 0 Å². The first kappa shape index (κ1) is 13.2. The molecule has 2 bridgehead atoms. The van der Waals surface area contributed by atoms with Crippen molar-refractivity contribution in [2.45, 2.75) is 37.0 Å². The molecule has 3 nitrogen and oxygen atoms in total. The second kappa shape index (κ2) is 4.65. The van der Waals surface area contributed by atoms with Crippen molar-refractivity contribution in [1.82, 2.24) is 9.80 Å². The van der Waals surface area contributed by atoms with Gasteiger partial charge in [0, 0.05) is 42.2 Å². The number of hydrogen-bond acceptors (Lipinski definition) is 4. The normalized spacial score (nSPS) is 44.2. The second-order valence-electron chi connectivity index (χ2n) is 6.87. The lowest BCUT2D eigenvalue weighted by atomic mass is 9.76. The molecular formula is C14H27N3S. The van der Waals surface area contributed by atoms with Gasteiger partial charge in [-0.05, 0) is 45.7 Å². The van der Waals surface area contributed by atoms with Gasteiger partial charge in [-0.25, -0.2) is 0 Å². The number of hydrogen-bond donors (Lipinski definition) is 1. The molecule has 18 heavy (non-hydrogen) atoms. The van der Waals surface area contributed by atoms with Gasteiger partial charge >= 0.3 is 0 Å². The molecule has 0 aliphatic carbocycles.